The molecule has 8 rings (SSSR count). The van der Waals surface area contributed by atoms with Gasteiger partial charge in [0.1, 0.15) is 5.69 Å². The molecule has 1 heterocycles. The Bertz CT molecular complexity index is 2360. The number of hydrogen-bond donors (Lipinski definition) is 0. The molecular weight excluding hydrogens is 741 g/mol. The lowest BCUT2D eigenvalue weighted by Gasteiger charge is -2.33. The van der Waals surface area contributed by atoms with Gasteiger partial charge in [-0.05, 0) is 79.4 Å². The summed E-state index contributed by atoms with van der Waals surface area (Å²) < 4.78 is 2.83. The number of fused-ring (bicyclic) bond motifs is 3. The second kappa shape index (κ2) is 13.0. The quantitative estimate of drug-likeness (QED) is 0.0921. The molecule has 0 amide bonds. The lowest BCUT2D eigenvalue weighted by Crippen LogP contribution is -2.18. The van der Waals surface area contributed by atoms with Crippen molar-refractivity contribution in [3.8, 4) is 33.4 Å². The third-order valence-corrected chi connectivity index (χ3v) is 10.5. The van der Waals surface area contributed by atoms with Crippen LogP contribution >= 0.6 is 22.9 Å². The molecule has 0 N–H and O–H groups in total. The van der Waals surface area contributed by atoms with Crippen LogP contribution in [0.3, 0.4) is 0 Å². The van der Waals surface area contributed by atoms with E-state index in [0.29, 0.717) is 17.4 Å². The zero-order valence-corrected chi connectivity index (χ0v) is 31.0. The molecule has 0 spiro atoms. The van der Waals surface area contributed by atoms with Crippen LogP contribution in [0.1, 0.15) is 47.8 Å². The SMILES string of the molecule is CN(I)c1cc(-c2ccc(C3=NC(c4ccc5c(c4)C(C)(C)c4cccc(-c6ccccc6)c4-5)=NC(c4ccccc4)[N-]3)cc2)ccc1[N+](C)=O. The Morgan fingerprint density at radius 3 is 2.06 bits per heavy atom. The second-order valence-corrected chi connectivity index (χ2v) is 15.0. The molecule has 0 aromatic heterocycles. The lowest BCUT2D eigenvalue weighted by atomic mass is 9.81. The number of halogens is 1. The topological polar surface area (TPSA) is 62.1 Å². The fraction of sp³-hybridized carbons (Fsp3) is 0.136. The molecule has 0 radical (unpaired) electrons. The van der Waals surface area contributed by atoms with Gasteiger partial charge >= 0.3 is 0 Å². The number of nitrogens with zero attached hydrogens (tertiary/aromatic N) is 5. The molecule has 0 fully saturated rings. The van der Waals surface area contributed by atoms with Gasteiger partial charge in [-0.2, -0.15) is 0 Å². The van der Waals surface area contributed by atoms with Gasteiger partial charge in [-0.3, -0.25) is 4.99 Å². The summed E-state index contributed by atoms with van der Waals surface area (Å²) in [5.41, 5.74) is 13.9. The summed E-state index contributed by atoms with van der Waals surface area (Å²) in [7, 11) is 3.45. The van der Waals surface area contributed by atoms with E-state index in [9.17, 15) is 4.91 Å². The minimum Gasteiger partial charge on any atom is -0.438 e. The molecule has 1 aliphatic heterocycles. The van der Waals surface area contributed by atoms with E-state index < -0.39 is 6.17 Å². The van der Waals surface area contributed by atoms with Crippen molar-refractivity contribution in [2.75, 3.05) is 17.2 Å². The van der Waals surface area contributed by atoms with Crippen LogP contribution in [-0.2, 0) is 5.41 Å². The smallest absolute Gasteiger partial charge is 0.279 e. The van der Waals surface area contributed by atoms with E-state index in [-0.39, 0.29) is 5.41 Å². The lowest BCUT2D eigenvalue weighted by molar-refractivity contribution is -0.427. The van der Waals surface area contributed by atoms with Crippen LogP contribution in [0.15, 0.2) is 150 Å². The van der Waals surface area contributed by atoms with E-state index in [1.807, 2.05) is 46.6 Å². The molecule has 6 nitrogen and oxygen atoms in total. The molecule has 2 aliphatic rings. The number of anilines is 1. The summed E-state index contributed by atoms with van der Waals surface area (Å²) in [5.74, 6) is 1.31. The fourth-order valence-corrected chi connectivity index (χ4v) is 7.67. The highest BCUT2D eigenvalue weighted by Crippen LogP contribution is 2.52. The normalized spacial score (nSPS) is 15.6. The number of benzene rings is 6. The largest absolute Gasteiger partial charge is 0.438 e. The van der Waals surface area contributed by atoms with Crippen molar-refractivity contribution in [3.63, 3.8) is 0 Å². The van der Waals surface area contributed by atoms with E-state index in [0.717, 1.165) is 38.3 Å². The number of amidine groups is 2. The van der Waals surface area contributed by atoms with Crippen molar-refractivity contribution in [2.24, 2.45) is 9.98 Å². The van der Waals surface area contributed by atoms with Gasteiger partial charge in [0, 0.05) is 28.2 Å². The predicted molar refractivity (Wildman–Crippen MR) is 219 cm³/mol. The minimum atomic E-state index is -0.421. The van der Waals surface area contributed by atoms with Gasteiger partial charge in [-0.15, -0.1) is 0 Å². The van der Waals surface area contributed by atoms with Crippen molar-refractivity contribution in [1.82, 2.24) is 0 Å². The Hall–Kier alpha value is -5.41. The van der Waals surface area contributed by atoms with Crippen LogP contribution in [0.2, 0.25) is 0 Å². The van der Waals surface area contributed by atoms with Crippen molar-refractivity contribution in [2.45, 2.75) is 25.4 Å². The first kappa shape index (κ1) is 32.8. The summed E-state index contributed by atoms with van der Waals surface area (Å²) in [6.07, 6.45) is -0.421. The summed E-state index contributed by atoms with van der Waals surface area (Å²) in [6.45, 7) is 4.62. The van der Waals surface area contributed by atoms with E-state index in [4.69, 9.17) is 15.3 Å². The zero-order valence-electron chi connectivity index (χ0n) is 28.9. The molecule has 1 unspecified atom stereocenters. The number of rotatable bonds is 7. The summed E-state index contributed by atoms with van der Waals surface area (Å²) in [4.78, 5) is 22.4. The molecule has 0 bridgehead atoms. The molecule has 0 saturated heterocycles. The van der Waals surface area contributed by atoms with E-state index >= 15 is 0 Å². The van der Waals surface area contributed by atoms with E-state index in [2.05, 4.69) is 140 Å². The first-order valence-electron chi connectivity index (χ1n) is 17.0. The van der Waals surface area contributed by atoms with Crippen molar-refractivity contribution < 1.29 is 4.76 Å². The van der Waals surface area contributed by atoms with Crippen LogP contribution in [-0.4, -0.2) is 30.5 Å². The zero-order chi connectivity index (χ0) is 35.3. The highest BCUT2D eigenvalue weighted by molar-refractivity contribution is 14.1. The number of aliphatic imine (C=N–C) groups is 2. The van der Waals surface area contributed by atoms with Crippen molar-refractivity contribution in [3.05, 3.63) is 178 Å². The van der Waals surface area contributed by atoms with Crippen LogP contribution in [0.4, 0.5) is 11.4 Å². The first-order chi connectivity index (χ1) is 24.7. The standard InChI is InChI=1S/C44H36IN5O/c1-44(2)36-17-11-16-34(29-12-7-5-8-13-29)40(36)35-24-22-33(26-37(35)44)43-47-41(30-14-9-6-10-15-30)46-42(48-43)31-20-18-28(19-21-31)32-23-25-38(50(4)51)39(27-32)49(3)45/h5-27,41H,1-4H3. The molecule has 7 heteroatoms. The highest BCUT2D eigenvalue weighted by Gasteiger charge is 2.37. The average molecular weight is 778 g/mol. The Labute approximate surface area is 312 Å². The van der Waals surface area contributed by atoms with Gasteiger partial charge in [0.25, 0.3) is 5.69 Å². The second-order valence-electron chi connectivity index (χ2n) is 13.5. The van der Waals surface area contributed by atoms with E-state index in [1.165, 1.54) is 40.4 Å². The molecule has 0 saturated carbocycles. The Morgan fingerprint density at radius 1 is 0.686 bits per heavy atom. The summed E-state index contributed by atoms with van der Waals surface area (Å²) in [5, 5.41) is 5.06. The fourth-order valence-electron chi connectivity index (χ4n) is 7.28. The highest BCUT2D eigenvalue weighted by atomic mass is 127. The van der Waals surface area contributed by atoms with E-state index in [1.54, 1.807) is 0 Å². The van der Waals surface area contributed by atoms with Gasteiger partial charge < -0.3 is 13.4 Å². The van der Waals surface area contributed by atoms with Gasteiger partial charge in [-0.1, -0.05) is 135 Å². The molecule has 250 valence electrons. The third kappa shape index (κ3) is 5.95. The number of nitroso groups, excluding NO2 is 1. The summed E-state index contributed by atoms with van der Waals surface area (Å²) in [6, 6.07) is 48.4. The Balaban J connectivity index is 1.19. The van der Waals surface area contributed by atoms with Gasteiger partial charge in [-0.25, -0.2) is 0 Å². The van der Waals surface area contributed by atoms with Gasteiger partial charge in [0.15, 0.2) is 7.05 Å². The predicted octanol–water partition coefficient (Wildman–Crippen LogP) is 11.4. The monoisotopic (exact) mass is 777 g/mol. The van der Waals surface area contributed by atoms with Crippen LogP contribution in [0, 0.1) is 4.91 Å². The maximum absolute atomic E-state index is 12.2. The molecule has 6 aromatic rings. The maximum atomic E-state index is 12.2. The minimum absolute atomic E-state index is 0.195. The average Bonchev–Trinajstić information content (AvgIpc) is 3.40. The number of hydrogen-bond acceptors (Lipinski definition) is 4. The molecule has 1 atom stereocenters. The van der Waals surface area contributed by atoms with Crippen LogP contribution in [0.25, 0.3) is 38.7 Å². The van der Waals surface area contributed by atoms with Crippen LogP contribution in [0.5, 0.6) is 0 Å². The Morgan fingerprint density at radius 2 is 1.35 bits per heavy atom. The van der Waals surface area contributed by atoms with Crippen molar-refractivity contribution >= 4 is 45.9 Å². The molecular formula is C44H36IN5O. The molecule has 1 aliphatic carbocycles. The first-order valence-corrected chi connectivity index (χ1v) is 18.0. The van der Waals surface area contributed by atoms with Crippen LogP contribution < -0.4 is 3.11 Å². The van der Waals surface area contributed by atoms with Gasteiger partial charge in [0.2, 0.25) is 0 Å². The summed E-state index contributed by atoms with van der Waals surface area (Å²) >= 11 is 2.19. The third-order valence-electron chi connectivity index (χ3n) is 9.96. The maximum Gasteiger partial charge on any atom is 0.279 e. The van der Waals surface area contributed by atoms with Gasteiger partial charge in [0.05, 0.1) is 34.9 Å². The molecule has 6 aromatic carbocycles. The van der Waals surface area contributed by atoms with Crippen molar-refractivity contribution in [1.29, 1.82) is 0 Å². The Kier molecular flexibility index (Phi) is 8.38. The molecule has 51 heavy (non-hydrogen) atoms.